The van der Waals surface area contributed by atoms with Gasteiger partial charge in [0, 0.05) is 5.56 Å². The van der Waals surface area contributed by atoms with Gasteiger partial charge in [-0.25, -0.2) is 0 Å². The lowest BCUT2D eigenvalue weighted by Crippen LogP contribution is -1.97. The summed E-state index contributed by atoms with van der Waals surface area (Å²) in [6, 6.07) is 4.19. The van der Waals surface area contributed by atoms with Crippen molar-refractivity contribution < 1.29 is 4.74 Å². The van der Waals surface area contributed by atoms with E-state index < -0.39 is 0 Å². The SMILES string of the molecule is COc1cc(C)c(-c2[nH]nc(N)c2Br)cc1C(C)C. The third kappa shape index (κ3) is 2.47. The number of nitrogens with two attached hydrogens (primary N) is 1. The molecular formula is C14H18BrN3O. The molecule has 19 heavy (non-hydrogen) atoms. The third-order valence-corrected chi connectivity index (χ3v) is 4.00. The smallest absolute Gasteiger partial charge is 0.160 e. The molecule has 0 unspecified atom stereocenters. The van der Waals surface area contributed by atoms with Crippen LogP contribution < -0.4 is 10.5 Å². The summed E-state index contributed by atoms with van der Waals surface area (Å²) < 4.78 is 6.25. The summed E-state index contributed by atoms with van der Waals surface area (Å²) >= 11 is 3.47. The van der Waals surface area contributed by atoms with E-state index in [2.05, 4.69) is 46.0 Å². The van der Waals surface area contributed by atoms with Gasteiger partial charge in [-0.1, -0.05) is 13.8 Å². The number of nitrogen functional groups attached to an aromatic ring is 1. The molecule has 0 spiro atoms. The summed E-state index contributed by atoms with van der Waals surface area (Å²) in [5.74, 6) is 1.77. The number of H-pyrrole nitrogens is 1. The summed E-state index contributed by atoms with van der Waals surface area (Å²) in [6.45, 7) is 6.34. The van der Waals surface area contributed by atoms with Gasteiger partial charge in [-0.2, -0.15) is 5.10 Å². The number of halogens is 1. The van der Waals surface area contributed by atoms with Crippen molar-refractivity contribution in [1.29, 1.82) is 0 Å². The Kier molecular flexibility index (Phi) is 3.85. The first-order chi connectivity index (χ1) is 8.95. The van der Waals surface area contributed by atoms with E-state index in [1.54, 1.807) is 7.11 Å². The molecule has 4 nitrogen and oxygen atoms in total. The predicted molar refractivity (Wildman–Crippen MR) is 81.5 cm³/mol. The first-order valence-electron chi connectivity index (χ1n) is 6.14. The summed E-state index contributed by atoms with van der Waals surface area (Å²) in [6.07, 6.45) is 0. The zero-order valence-corrected chi connectivity index (χ0v) is 13.1. The number of aromatic amines is 1. The summed E-state index contributed by atoms with van der Waals surface area (Å²) in [4.78, 5) is 0. The predicted octanol–water partition coefficient (Wildman–Crippen LogP) is 3.86. The Bertz CT molecular complexity index is 605. The Morgan fingerprint density at radius 2 is 2.05 bits per heavy atom. The zero-order valence-electron chi connectivity index (χ0n) is 11.5. The van der Waals surface area contributed by atoms with Crippen LogP contribution in [0.2, 0.25) is 0 Å². The van der Waals surface area contributed by atoms with E-state index >= 15 is 0 Å². The van der Waals surface area contributed by atoms with Crippen LogP contribution in [0.1, 0.15) is 30.9 Å². The van der Waals surface area contributed by atoms with Crippen molar-refractivity contribution >= 4 is 21.7 Å². The van der Waals surface area contributed by atoms with Crippen LogP contribution >= 0.6 is 15.9 Å². The first-order valence-corrected chi connectivity index (χ1v) is 6.93. The molecule has 0 aliphatic carbocycles. The quantitative estimate of drug-likeness (QED) is 0.901. The molecule has 0 amide bonds. The Labute approximate surface area is 121 Å². The van der Waals surface area contributed by atoms with E-state index in [4.69, 9.17) is 10.5 Å². The number of ether oxygens (including phenoxy) is 1. The van der Waals surface area contributed by atoms with Crippen molar-refractivity contribution in [1.82, 2.24) is 10.2 Å². The maximum absolute atomic E-state index is 5.77. The van der Waals surface area contributed by atoms with Crippen molar-refractivity contribution in [3.8, 4) is 17.0 Å². The maximum atomic E-state index is 5.77. The van der Waals surface area contributed by atoms with Gasteiger partial charge in [-0.15, -0.1) is 0 Å². The number of anilines is 1. The van der Waals surface area contributed by atoms with E-state index in [1.165, 1.54) is 5.56 Å². The van der Waals surface area contributed by atoms with Gasteiger partial charge >= 0.3 is 0 Å². The molecule has 1 heterocycles. The molecule has 2 rings (SSSR count). The van der Waals surface area contributed by atoms with Crippen molar-refractivity contribution in [2.75, 3.05) is 12.8 Å². The minimum absolute atomic E-state index is 0.383. The standard InChI is InChI=1S/C14H18BrN3O/c1-7(2)9-6-10(8(3)5-11(9)19-4)13-12(15)14(16)18-17-13/h5-7H,1-4H3,(H3,16,17,18). The van der Waals surface area contributed by atoms with Crippen LogP contribution in [0.4, 0.5) is 5.82 Å². The van der Waals surface area contributed by atoms with Crippen molar-refractivity contribution in [2.24, 2.45) is 0 Å². The fourth-order valence-electron chi connectivity index (χ4n) is 2.12. The van der Waals surface area contributed by atoms with Gasteiger partial charge < -0.3 is 10.5 Å². The fraction of sp³-hybridized carbons (Fsp3) is 0.357. The van der Waals surface area contributed by atoms with Crippen LogP contribution in [-0.2, 0) is 0 Å². The lowest BCUT2D eigenvalue weighted by atomic mass is 9.95. The number of hydrogen-bond acceptors (Lipinski definition) is 3. The van der Waals surface area contributed by atoms with E-state index in [1.807, 2.05) is 13.0 Å². The summed E-state index contributed by atoms with van der Waals surface area (Å²) in [7, 11) is 1.70. The normalized spacial score (nSPS) is 11.1. The number of hydrogen-bond donors (Lipinski definition) is 2. The van der Waals surface area contributed by atoms with E-state index in [-0.39, 0.29) is 0 Å². The number of aryl methyl sites for hydroxylation is 1. The molecule has 0 aliphatic rings. The number of nitrogens with zero attached hydrogens (tertiary/aromatic N) is 1. The van der Waals surface area contributed by atoms with Crippen LogP contribution in [0.5, 0.6) is 5.75 Å². The minimum atomic E-state index is 0.383. The second-order valence-electron chi connectivity index (χ2n) is 4.86. The van der Waals surface area contributed by atoms with Gasteiger partial charge in [0.2, 0.25) is 0 Å². The number of rotatable bonds is 3. The zero-order chi connectivity index (χ0) is 14.2. The average Bonchev–Trinajstić information content (AvgIpc) is 2.69. The van der Waals surface area contributed by atoms with Crippen LogP contribution in [-0.4, -0.2) is 17.3 Å². The largest absolute Gasteiger partial charge is 0.496 e. The molecule has 1 aromatic heterocycles. The molecule has 2 aromatic rings. The minimum Gasteiger partial charge on any atom is -0.496 e. The molecule has 0 fully saturated rings. The van der Waals surface area contributed by atoms with Crippen LogP contribution in [0.3, 0.4) is 0 Å². The Morgan fingerprint density at radius 3 is 2.53 bits per heavy atom. The van der Waals surface area contributed by atoms with Crippen molar-refractivity contribution in [3.05, 3.63) is 27.7 Å². The average molecular weight is 324 g/mol. The molecule has 0 saturated carbocycles. The molecular weight excluding hydrogens is 306 g/mol. The van der Waals surface area contributed by atoms with Gasteiger partial charge in [-0.3, -0.25) is 5.10 Å². The van der Waals surface area contributed by atoms with Gasteiger partial charge in [-0.05, 0) is 52.0 Å². The Hall–Kier alpha value is -1.49. The Morgan fingerprint density at radius 1 is 1.37 bits per heavy atom. The van der Waals surface area contributed by atoms with E-state index in [0.717, 1.165) is 27.0 Å². The molecule has 0 aliphatic heterocycles. The molecule has 0 radical (unpaired) electrons. The van der Waals surface area contributed by atoms with Crippen molar-refractivity contribution in [3.63, 3.8) is 0 Å². The topological polar surface area (TPSA) is 63.9 Å². The molecule has 5 heteroatoms. The van der Waals surface area contributed by atoms with Crippen molar-refractivity contribution in [2.45, 2.75) is 26.7 Å². The van der Waals surface area contributed by atoms with Crippen LogP contribution in [0.15, 0.2) is 16.6 Å². The first kappa shape index (κ1) is 13.9. The lowest BCUT2D eigenvalue weighted by molar-refractivity contribution is 0.407. The second-order valence-corrected chi connectivity index (χ2v) is 5.65. The number of nitrogens with one attached hydrogen (secondary N) is 1. The van der Waals surface area contributed by atoms with Gasteiger partial charge in [0.1, 0.15) is 5.75 Å². The van der Waals surface area contributed by atoms with E-state index in [0.29, 0.717) is 11.7 Å². The monoisotopic (exact) mass is 323 g/mol. The molecule has 3 N–H and O–H groups in total. The highest BCUT2D eigenvalue weighted by Gasteiger charge is 2.16. The number of aromatic nitrogens is 2. The lowest BCUT2D eigenvalue weighted by Gasteiger charge is -2.15. The van der Waals surface area contributed by atoms with Crippen LogP contribution in [0, 0.1) is 6.92 Å². The number of methoxy groups -OCH3 is 1. The van der Waals surface area contributed by atoms with E-state index in [9.17, 15) is 0 Å². The van der Waals surface area contributed by atoms with Gasteiger partial charge in [0.05, 0.1) is 17.3 Å². The fourth-order valence-corrected chi connectivity index (χ4v) is 2.51. The molecule has 0 saturated heterocycles. The molecule has 0 atom stereocenters. The molecule has 0 bridgehead atoms. The highest BCUT2D eigenvalue weighted by atomic mass is 79.9. The molecule has 102 valence electrons. The summed E-state index contributed by atoms with van der Waals surface area (Å²) in [5.41, 5.74) is 10.0. The highest BCUT2D eigenvalue weighted by molar-refractivity contribution is 9.10. The van der Waals surface area contributed by atoms with Gasteiger partial charge in [0.25, 0.3) is 0 Å². The number of benzene rings is 1. The second kappa shape index (κ2) is 5.25. The maximum Gasteiger partial charge on any atom is 0.160 e. The third-order valence-electron chi connectivity index (χ3n) is 3.20. The highest BCUT2D eigenvalue weighted by Crippen LogP contribution is 2.37. The van der Waals surface area contributed by atoms with Crippen LogP contribution in [0.25, 0.3) is 11.3 Å². The Balaban J connectivity index is 2.64. The summed E-state index contributed by atoms with van der Waals surface area (Å²) in [5, 5.41) is 7.00. The molecule has 1 aromatic carbocycles. The van der Waals surface area contributed by atoms with Gasteiger partial charge in [0.15, 0.2) is 5.82 Å².